The second-order valence-corrected chi connectivity index (χ2v) is 12.4. The summed E-state index contributed by atoms with van der Waals surface area (Å²) in [4.78, 5) is 0. The molecule has 0 N–H and O–H groups in total. The number of hydrogen-bond donors (Lipinski definition) is 0. The van der Waals surface area contributed by atoms with Crippen LogP contribution >= 0.6 is 0 Å². The summed E-state index contributed by atoms with van der Waals surface area (Å²) >= 11 is 0. The van der Waals surface area contributed by atoms with Gasteiger partial charge < -0.3 is 0 Å². The lowest BCUT2D eigenvalue weighted by Crippen LogP contribution is -2.76. The van der Waals surface area contributed by atoms with Gasteiger partial charge in [0.15, 0.2) is 69.8 Å². The Labute approximate surface area is 218 Å². The Balaban J connectivity index is 2.99. The van der Waals surface area contributed by atoms with Crippen molar-refractivity contribution in [1.29, 1.82) is 0 Å². The van der Waals surface area contributed by atoms with Gasteiger partial charge in [-0.2, -0.15) is 21.6 Å². The van der Waals surface area contributed by atoms with Gasteiger partial charge in [0.1, 0.15) is 0 Å². The third-order valence-corrected chi connectivity index (χ3v) is 11.1. The second kappa shape index (κ2) is 10.4. The van der Waals surface area contributed by atoms with Gasteiger partial charge in [0.25, 0.3) is 0 Å². The zero-order chi connectivity index (χ0) is 32.6. The van der Waals surface area contributed by atoms with Gasteiger partial charge in [-0.1, -0.05) is 0 Å². The zero-order valence-corrected chi connectivity index (χ0v) is 20.3. The molecular formula is C19F18O3SSi. The van der Waals surface area contributed by atoms with Crippen LogP contribution in [0.5, 0.6) is 0 Å². The summed E-state index contributed by atoms with van der Waals surface area (Å²) in [5.74, 6) is -53.7. The molecule has 0 aliphatic carbocycles. The van der Waals surface area contributed by atoms with Crippen LogP contribution in [0.15, 0.2) is 0 Å². The van der Waals surface area contributed by atoms with Gasteiger partial charge in [-0.3, -0.25) is 3.87 Å². The highest BCUT2D eigenvalue weighted by atomic mass is 32.2. The van der Waals surface area contributed by atoms with E-state index in [0.717, 1.165) is 0 Å². The number of hydrogen-bond acceptors (Lipinski definition) is 3. The van der Waals surface area contributed by atoms with Crippen molar-refractivity contribution in [2.45, 2.75) is 5.51 Å². The van der Waals surface area contributed by atoms with Crippen LogP contribution in [0.25, 0.3) is 0 Å². The Hall–Kier alpha value is -3.47. The molecule has 0 aliphatic heterocycles. The summed E-state index contributed by atoms with van der Waals surface area (Å²) in [6.45, 7) is 0. The van der Waals surface area contributed by atoms with Crippen LogP contribution in [0.2, 0.25) is 0 Å². The van der Waals surface area contributed by atoms with E-state index in [-0.39, 0.29) is 0 Å². The average Bonchev–Trinajstić information content (AvgIpc) is 2.90. The molecule has 0 unspecified atom stereocenters. The van der Waals surface area contributed by atoms with E-state index in [0.29, 0.717) is 0 Å². The first-order valence-electron chi connectivity index (χ1n) is 9.56. The van der Waals surface area contributed by atoms with Crippen LogP contribution in [0.3, 0.4) is 0 Å². The summed E-state index contributed by atoms with van der Waals surface area (Å²) in [6, 6.07) is 0. The molecule has 0 spiro atoms. The largest absolute Gasteiger partial charge is 0.522 e. The minimum atomic E-state index is -8.69. The summed E-state index contributed by atoms with van der Waals surface area (Å²) < 4.78 is 283. The smallest absolute Gasteiger partial charge is 0.290 e. The summed E-state index contributed by atoms with van der Waals surface area (Å²) in [5, 5.41) is -10.8. The molecule has 3 aromatic carbocycles. The molecule has 42 heavy (non-hydrogen) atoms. The molecule has 0 aliphatic rings. The molecule has 0 fully saturated rings. The first-order valence-corrected chi connectivity index (χ1v) is 12.9. The van der Waals surface area contributed by atoms with E-state index in [1.807, 2.05) is 0 Å². The second-order valence-electron chi connectivity index (χ2n) is 7.50. The Morgan fingerprint density at radius 1 is 0.381 bits per heavy atom. The SMILES string of the molecule is O=S(=O)(O[Si](c1c(F)c(F)c(F)c(F)c1F)(c1c(F)c(F)c(F)c(F)c1F)c1c(F)c(F)c(F)c(F)c1F)C(F)(F)F. The number of rotatable bonds is 5. The summed E-state index contributed by atoms with van der Waals surface area (Å²) in [5.41, 5.74) is -7.12. The maximum atomic E-state index is 15.0. The molecule has 0 saturated heterocycles. The van der Waals surface area contributed by atoms with E-state index >= 15 is 0 Å². The molecule has 0 aromatic heterocycles. The summed E-state index contributed by atoms with van der Waals surface area (Å²) in [6.07, 6.45) is 0. The van der Waals surface area contributed by atoms with Gasteiger partial charge in [0.2, 0.25) is 17.5 Å². The highest BCUT2D eigenvalue weighted by molar-refractivity contribution is 7.89. The lowest BCUT2D eigenvalue weighted by Gasteiger charge is -2.33. The minimum absolute atomic E-state index is 3.26. The van der Waals surface area contributed by atoms with E-state index < -0.39 is 127 Å². The molecule has 230 valence electrons. The predicted molar refractivity (Wildman–Crippen MR) is 99.4 cm³/mol. The Morgan fingerprint density at radius 2 is 0.548 bits per heavy atom. The summed E-state index contributed by atoms with van der Waals surface area (Å²) in [7, 11) is -16.8. The van der Waals surface area contributed by atoms with E-state index in [1.165, 1.54) is 0 Å². The van der Waals surface area contributed by atoms with Crippen LogP contribution in [0.1, 0.15) is 0 Å². The van der Waals surface area contributed by atoms with Crippen molar-refractivity contribution in [3.8, 4) is 0 Å². The third-order valence-electron chi connectivity index (χ3n) is 5.20. The van der Waals surface area contributed by atoms with E-state index in [4.69, 9.17) is 0 Å². The van der Waals surface area contributed by atoms with Gasteiger partial charge in [-0.15, -0.1) is 0 Å². The number of benzene rings is 3. The molecule has 0 saturated carbocycles. The monoisotopic (exact) mass is 678 g/mol. The quantitative estimate of drug-likeness (QED) is 0.0991. The van der Waals surface area contributed by atoms with Crippen molar-refractivity contribution < 1.29 is 91.3 Å². The highest BCUT2D eigenvalue weighted by Gasteiger charge is 2.63. The van der Waals surface area contributed by atoms with Crippen LogP contribution < -0.4 is 15.6 Å². The van der Waals surface area contributed by atoms with E-state index in [1.54, 1.807) is 0 Å². The van der Waals surface area contributed by atoms with Crippen molar-refractivity contribution >= 4 is 34.0 Å². The van der Waals surface area contributed by atoms with Crippen LogP contribution in [0, 0.1) is 87.3 Å². The molecule has 3 nitrogen and oxygen atoms in total. The van der Waals surface area contributed by atoms with E-state index in [2.05, 4.69) is 3.87 Å². The van der Waals surface area contributed by atoms with Gasteiger partial charge >= 0.3 is 23.9 Å². The molecular weight excluding hydrogens is 678 g/mol. The molecule has 0 radical (unpaired) electrons. The van der Waals surface area contributed by atoms with Crippen molar-refractivity contribution in [3.63, 3.8) is 0 Å². The van der Waals surface area contributed by atoms with Gasteiger partial charge in [0, 0.05) is 0 Å². The van der Waals surface area contributed by atoms with Crippen LogP contribution in [-0.4, -0.2) is 22.2 Å². The van der Waals surface area contributed by atoms with Crippen molar-refractivity contribution in [2.24, 2.45) is 0 Å². The molecule has 0 amide bonds. The fourth-order valence-electron chi connectivity index (χ4n) is 3.45. The molecule has 3 rings (SSSR count). The Morgan fingerprint density at radius 3 is 0.714 bits per heavy atom. The maximum Gasteiger partial charge on any atom is 0.522 e. The predicted octanol–water partition coefficient (Wildman–Crippen LogP) is 4.61. The fraction of sp³-hybridized carbons (Fsp3) is 0.0526. The van der Waals surface area contributed by atoms with Gasteiger partial charge in [-0.25, -0.2) is 65.9 Å². The van der Waals surface area contributed by atoms with Crippen LogP contribution in [-0.2, 0) is 14.0 Å². The van der Waals surface area contributed by atoms with E-state index in [9.17, 15) is 87.4 Å². The molecule has 23 heteroatoms. The number of alkyl halides is 3. The van der Waals surface area contributed by atoms with Crippen molar-refractivity contribution in [2.75, 3.05) is 0 Å². The number of halogens is 18. The normalized spacial score (nSPS) is 12.8. The van der Waals surface area contributed by atoms with Crippen molar-refractivity contribution in [3.05, 3.63) is 87.3 Å². The molecule has 0 atom stereocenters. The Kier molecular flexibility index (Phi) is 8.15. The zero-order valence-electron chi connectivity index (χ0n) is 18.4. The minimum Gasteiger partial charge on any atom is -0.290 e. The lowest BCUT2D eigenvalue weighted by molar-refractivity contribution is -0.0501. The Bertz CT molecular complexity index is 1520. The highest BCUT2D eigenvalue weighted by Crippen LogP contribution is 2.33. The molecule has 3 aromatic rings. The van der Waals surface area contributed by atoms with Gasteiger partial charge in [-0.05, 0) is 0 Å². The molecule has 0 heterocycles. The van der Waals surface area contributed by atoms with Crippen LogP contribution in [0.4, 0.5) is 79.0 Å². The van der Waals surface area contributed by atoms with Gasteiger partial charge in [0.05, 0.1) is 15.6 Å². The standard InChI is InChI=1S/C19F18O3SSi/c20-1-4(23)10(29)16(11(30)5(1)24)42(40-41(38,39)19(35,36)37,17-12(31)6(25)2(21)7(26)13(17)32)18-14(33)8(27)3(22)9(28)15(18)34. The maximum absolute atomic E-state index is 15.0. The third kappa shape index (κ3) is 4.47. The average molecular weight is 678 g/mol. The topological polar surface area (TPSA) is 43.4 Å². The van der Waals surface area contributed by atoms with Crippen molar-refractivity contribution in [1.82, 2.24) is 0 Å². The first-order chi connectivity index (χ1) is 19.0. The first kappa shape index (κ1) is 33.0. The molecule has 0 bridgehead atoms. The lowest BCUT2D eigenvalue weighted by atomic mass is 10.3. The fourth-order valence-corrected chi connectivity index (χ4v) is 9.41.